The predicted octanol–water partition coefficient (Wildman–Crippen LogP) is 1.73. The van der Waals surface area contributed by atoms with E-state index in [1.165, 1.54) is 0 Å². The van der Waals surface area contributed by atoms with E-state index >= 15 is 0 Å². The molecule has 0 aliphatic rings. The van der Waals surface area contributed by atoms with Crippen molar-refractivity contribution in [3.63, 3.8) is 0 Å². The highest BCUT2D eigenvalue weighted by Gasteiger charge is 2.14. The summed E-state index contributed by atoms with van der Waals surface area (Å²) in [5.41, 5.74) is 0. The standard InChI is InChI=1S/C8H11ClN2O2/c1-3-11-5-6(9)10-7(11)8(12)13-4-2/h5H,3-4H2,1-2H3. The van der Waals surface area contributed by atoms with Crippen molar-refractivity contribution in [1.29, 1.82) is 0 Å². The number of halogens is 1. The van der Waals surface area contributed by atoms with Crippen LogP contribution >= 0.6 is 11.6 Å². The molecule has 0 saturated carbocycles. The summed E-state index contributed by atoms with van der Waals surface area (Å²) in [6, 6.07) is 0. The van der Waals surface area contributed by atoms with E-state index in [9.17, 15) is 4.79 Å². The lowest BCUT2D eigenvalue weighted by Crippen LogP contribution is -2.12. The van der Waals surface area contributed by atoms with Crippen LogP contribution in [0.5, 0.6) is 0 Å². The van der Waals surface area contributed by atoms with E-state index < -0.39 is 5.97 Å². The predicted molar refractivity (Wildman–Crippen MR) is 48.9 cm³/mol. The molecule has 72 valence electrons. The van der Waals surface area contributed by atoms with E-state index in [1.54, 1.807) is 17.7 Å². The van der Waals surface area contributed by atoms with Gasteiger partial charge in [-0.1, -0.05) is 11.6 Å². The van der Waals surface area contributed by atoms with E-state index in [0.29, 0.717) is 18.3 Å². The monoisotopic (exact) mass is 202 g/mol. The summed E-state index contributed by atoms with van der Waals surface area (Å²) in [6.07, 6.45) is 1.60. The molecule has 5 heteroatoms. The van der Waals surface area contributed by atoms with Crippen molar-refractivity contribution < 1.29 is 9.53 Å². The van der Waals surface area contributed by atoms with Gasteiger partial charge in [0.05, 0.1) is 6.61 Å². The number of imidazole rings is 1. The topological polar surface area (TPSA) is 44.1 Å². The summed E-state index contributed by atoms with van der Waals surface area (Å²) in [7, 11) is 0. The van der Waals surface area contributed by atoms with E-state index in [2.05, 4.69) is 4.98 Å². The minimum Gasteiger partial charge on any atom is -0.460 e. The molecule has 0 amide bonds. The molecule has 0 atom stereocenters. The first kappa shape index (κ1) is 10.1. The number of ether oxygens (including phenoxy) is 1. The highest BCUT2D eigenvalue weighted by molar-refractivity contribution is 6.29. The summed E-state index contributed by atoms with van der Waals surface area (Å²) in [5.74, 6) is -0.175. The molecule has 1 aromatic heterocycles. The molecule has 1 heterocycles. The number of rotatable bonds is 3. The average Bonchev–Trinajstić information content (AvgIpc) is 2.47. The van der Waals surface area contributed by atoms with Crippen molar-refractivity contribution in [3.8, 4) is 0 Å². The van der Waals surface area contributed by atoms with Gasteiger partial charge in [-0.15, -0.1) is 0 Å². The molecule has 0 spiro atoms. The van der Waals surface area contributed by atoms with Gasteiger partial charge in [-0.25, -0.2) is 9.78 Å². The second-order valence-corrected chi connectivity index (χ2v) is 2.78. The van der Waals surface area contributed by atoms with Crippen LogP contribution in [0.25, 0.3) is 0 Å². The van der Waals surface area contributed by atoms with Gasteiger partial charge in [0, 0.05) is 12.7 Å². The van der Waals surface area contributed by atoms with E-state index in [-0.39, 0.29) is 5.82 Å². The maximum absolute atomic E-state index is 11.3. The van der Waals surface area contributed by atoms with Gasteiger partial charge in [0.25, 0.3) is 0 Å². The zero-order valence-corrected chi connectivity index (χ0v) is 8.34. The van der Waals surface area contributed by atoms with Gasteiger partial charge in [0.15, 0.2) is 0 Å². The highest BCUT2D eigenvalue weighted by Crippen LogP contribution is 2.09. The number of hydrogen-bond donors (Lipinski definition) is 0. The Kier molecular flexibility index (Phi) is 3.31. The van der Waals surface area contributed by atoms with E-state index in [1.807, 2.05) is 6.92 Å². The normalized spacial score (nSPS) is 10.1. The van der Waals surface area contributed by atoms with Crippen LogP contribution in [0.1, 0.15) is 24.5 Å². The molecule has 0 unspecified atom stereocenters. The quantitative estimate of drug-likeness (QED) is 0.702. The van der Waals surface area contributed by atoms with Gasteiger partial charge < -0.3 is 9.30 Å². The molecule has 1 rings (SSSR count). The third kappa shape index (κ3) is 2.21. The summed E-state index contributed by atoms with van der Waals surface area (Å²) in [5, 5.41) is 0.310. The van der Waals surface area contributed by atoms with Crippen LogP contribution in [-0.4, -0.2) is 22.1 Å². The first-order valence-corrected chi connectivity index (χ1v) is 4.46. The fraction of sp³-hybridized carbons (Fsp3) is 0.500. The first-order chi connectivity index (χ1) is 6.19. The van der Waals surface area contributed by atoms with Crippen molar-refractivity contribution in [2.45, 2.75) is 20.4 Å². The SMILES string of the molecule is CCOC(=O)c1nc(Cl)cn1CC. The van der Waals surface area contributed by atoms with Crippen molar-refractivity contribution in [3.05, 3.63) is 17.2 Å². The van der Waals surface area contributed by atoms with Gasteiger partial charge in [0.1, 0.15) is 5.15 Å². The molecule has 13 heavy (non-hydrogen) atoms. The molecule has 0 saturated heterocycles. The molecule has 0 aromatic carbocycles. The molecular weight excluding hydrogens is 192 g/mol. The van der Waals surface area contributed by atoms with Gasteiger partial charge >= 0.3 is 5.97 Å². The number of nitrogens with zero attached hydrogens (tertiary/aromatic N) is 2. The zero-order valence-electron chi connectivity index (χ0n) is 7.58. The molecule has 0 fully saturated rings. The Balaban J connectivity index is 2.91. The fourth-order valence-corrected chi connectivity index (χ4v) is 1.18. The van der Waals surface area contributed by atoms with E-state index in [0.717, 1.165) is 0 Å². The Hall–Kier alpha value is -1.03. The van der Waals surface area contributed by atoms with Gasteiger partial charge in [-0.2, -0.15) is 0 Å². The summed E-state index contributed by atoms with van der Waals surface area (Å²) >= 11 is 5.65. The second kappa shape index (κ2) is 4.28. The number of carbonyl (C=O) groups excluding carboxylic acids is 1. The molecule has 0 radical (unpaired) electrons. The van der Waals surface area contributed by atoms with Crippen molar-refractivity contribution in [2.75, 3.05) is 6.61 Å². The molecule has 0 N–H and O–H groups in total. The maximum atomic E-state index is 11.3. The Morgan fingerprint density at radius 1 is 1.69 bits per heavy atom. The number of aromatic nitrogens is 2. The number of aryl methyl sites for hydroxylation is 1. The van der Waals surface area contributed by atoms with Crippen LogP contribution in [0.2, 0.25) is 5.15 Å². The Morgan fingerprint density at radius 2 is 2.38 bits per heavy atom. The van der Waals surface area contributed by atoms with E-state index in [4.69, 9.17) is 16.3 Å². The number of esters is 1. The lowest BCUT2D eigenvalue weighted by Gasteiger charge is -2.02. The van der Waals surface area contributed by atoms with Crippen LogP contribution in [-0.2, 0) is 11.3 Å². The Morgan fingerprint density at radius 3 is 2.92 bits per heavy atom. The third-order valence-corrected chi connectivity index (χ3v) is 1.73. The Labute approximate surface area is 81.5 Å². The lowest BCUT2D eigenvalue weighted by molar-refractivity contribution is 0.0506. The maximum Gasteiger partial charge on any atom is 0.374 e. The first-order valence-electron chi connectivity index (χ1n) is 4.08. The fourth-order valence-electron chi connectivity index (χ4n) is 0.984. The summed E-state index contributed by atoms with van der Waals surface area (Å²) in [4.78, 5) is 15.1. The largest absolute Gasteiger partial charge is 0.460 e. The molecule has 0 aliphatic heterocycles. The Bertz CT molecular complexity index is 309. The summed E-state index contributed by atoms with van der Waals surface area (Å²) in [6.45, 7) is 4.64. The van der Waals surface area contributed by atoms with Crippen LogP contribution in [0.3, 0.4) is 0 Å². The molecular formula is C8H11ClN2O2. The van der Waals surface area contributed by atoms with Gasteiger partial charge in [-0.3, -0.25) is 0 Å². The highest BCUT2D eigenvalue weighted by atomic mass is 35.5. The lowest BCUT2D eigenvalue weighted by atomic mass is 10.5. The second-order valence-electron chi connectivity index (χ2n) is 2.39. The summed E-state index contributed by atoms with van der Waals surface area (Å²) < 4.78 is 6.46. The molecule has 1 aromatic rings. The smallest absolute Gasteiger partial charge is 0.374 e. The molecule has 0 aliphatic carbocycles. The minimum atomic E-state index is -0.434. The average molecular weight is 203 g/mol. The van der Waals surface area contributed by atoms with Crippen molar-refractivity contribution in [1.82, 2.24) is 9.55 Å². The van der Waals surface area contributed by atoms with Crippen LogP contribution in [0.4, 0.5) is 0 Å². The molecule has 4 nitrogen and oxygen atoms in total. The van der Waals surface area contributed by atoms with Crippen LogP contribution in [0, 0.1) is 0 Å². The van der Waals surface area contributed by atoms with Crippen molar-refractivity contribution in [2.24, 2.45) is 0 Å². The van der Waals surface area contributed by atoms with Crippen LogP contribution in [0.15, 0.2) is 6.20 Å². The van der Waals surface area contributed by atoms with Crippen molar-refractivity contribution >= 4 is 17.6 Å². The van der Waals surface area contributed by atoms with Gasteiger partial charge in [0.2, 0.25) is 5.82 Å². The minimum absolute atomic E-state index is 0.259. The third-order valence-electron chi connectivity index (χ3n) is 1.55. The van der Waals surface area contributed by atoms with Crippen LogP contribution < -0.4 is 0 Å². The number of carbonyl (C=O) groups is 1. The molecule has 0 bridgehead atoms. The number of hydrogen-bond acceptors (Lipinski definition) is 3. The van der Waals surface area contributed by atoms with Gasteiger partial charge in [-0.05, 0) is 13.8 Å². The zero-order chi connectivity index (χ0) is 9.84.